The van der Waals surface area contributed by atoms with Crippen molar-refractivity contribution in [3.05, 3.63) is 59.7 Å². The molecule has 0 unspecified atom stereocenters. The van der Waals surface area contributed by atoms with E-state index in [1.165, 1.54) is 0 Å². The lowest BCUT2D eigenvalue weighted by molar-refractivity contribution is -0.143. The van der Waals surface area contributed by atoms with Gasteiger partial charge in [0.2, 0.25) is 0 Å². The zero-order valence-corrected chi connectivity index (χ0v) is 16.9. The summed E-state index contributed by atoms with van der Waals surface area (Å²) in [5.41, 5.74) is 1.64. The lowest BCUT2D eigenvalue weighted by Crippen LogP contribution is -2.36. The van der Waals surface area contributed by atoms with Crippen LogP contribution in [0.4, 0.5) is 4.79 Å². The average molecular weight is 408 g/mol. The summed E-state index contributed by atoms with van der Waals surface area (Å²) < 4.78 is 15.9. The van der Waals surface area contributed by atoms with E-state index in [0.29, 0.717) is 49.7 Å². The minimum Gasteiger partial charge on any atom is -0.466 e. The quantitative estimate of drug-likeness (QED) is 0.582. The fourth-order valence-corrected chi connectivity index (χ4v) is 3.26. The van der Waals surface area contributed by atoms with Gasteiger partial charge in [0.15, 0.2) is 0 Å². The number of esters is 1. The van der Waals surface area contributed by atoms with E-state index in [-0.39, 0.29) is 24.5 Å². The molecule has 1 aliphatic rings. The van der Waals surface area contributed by atoms with Gasteiger partial charge in [-0.05, 0) is 61.7 Å². The van der Waals surface area contributed by atoms with Gasteiger partial charge in [0.25, 0.3) is 0 Å². The van der Waals surface area contributed by atoms with Gasteiger partial charge in [0.05, 0.1) is 24.3 Å². The molecule has 1 heterocycles. The molecule has 1 aliphatic heterocycles. The van der Waals surface area contributed by atoms with E-state index in [0.717, 1.165) is 5.56 Å². The molecule has 0 N–H and O–H groups in total. The Balaban J connectivity index is 1.53. The molecule has 1 fully saturated rings. The topological polar surface area (TPSA) is 88.9 Å². The summed E-state index contributed by atoms with van der Waals surface area (Å²) in [6.45, 7) is 2.93. The Morgan fingerprint density at radius 2 is 1.83 bits per heavy atom. The van der Waals surface area contributed by atoms with Crippen LogP contribution in [0.2, 0.25) is 0 Å². The largest absolute Gasteiger partial charge is 0.466 e. The van der Waals surface area contributed by atoms with Crippen molar-refractivity contribution < 1.29 is 23.8 Å². The SMILES string of the molecule is CCOC(=O)CCCN1C(=O)OC[C@@H]1Cc1ccc(Oc2ccc(C#N)cc2)cc1. The molecule has 0 aliphatic carbocycles. The first-order valence-electron chi connectivity index (χ1n) is 9.95. The van der Waals surface area contributed by atoms with Crippen molar-refractivity contribution in [1.82, 2.24) is 4.90 Å². The zero-order chi connectivity index (χ0) is 21.3. The fourth-order valence-electron chi connectivity index (χ4n) is 3.26. The highest BCUT2D eigenvalue weighted by Crippen LogP contribution is 2.24. The van der Waals surface area contributed by atoms with Crippen LogP contribution >= 0.6 is 0 Å². The van der Waals surface area contributed by atoms with Crippen molar-refractivity contribution >= 4 is 12.1 Å². The number of cyclic esters (lactones) is 1. The van der Waals surface area contributed by atoms with Crippen molar-refractivity contribution in [2.75, 3.05) is 19.8 Å². The van der Waals surface area contributed by atoms with Gasteiger partial charge in [-0.2, -0.15) is 5.26 Å². The van der Waals surface area contributed by atoms with E-state index in [9.17, 15) is 9.59 Å². The predicted molar refractivity (Wildman–Crippen MR) is 109 cm³/mol. The molecule has 0 bridgehead atoms. The van der Waals surface area contributed by atoms with Crippen LogP contribution < -0.4 is 4.74 Å². The summed E-state index contributed by atoms with van der Waals surface area (Å²) in [7, 11) is 0. The van der Waals surface area contributed by atoms with Gasteiger partial charge in [-0.3, -0.25) is 4.79 Å². The Morgan fingerprint density at radius 3 is 2.47 bits per heavy atom. The zero-order valence-electron chi connectivity index (χ0n) is 16.9. The number of hydrogen-bond acceptors (Lipinski definition) is 6. The molecule has 1 amide bonds. The number of rotatable bonds is 9. The Kier molecular flexibility index (Phi) is 7.28. The van der Waals surface area contributed by atoms with Crippen LogP contribution in [0, 0.1) is 11.3 Å². The second kappa shape index (κ2) is 10.3. The summed E-state index contributed by atoms with van der Waals surface area (Å²) in [5.74, 6) is 1.09. The van der Waals surface area contributed by atoms with Crippen molar-refractivity contribution in [2.45, 2.75) is 32.2 Å². The van der Waals surface area contributed by atoms with Crippen LogP contribution in [0.15, 0.2) is 48.5 Å². The molecule has 156 valence electrons. The molecule has 7 heteroatoms. The highest BCUT2D eigenvalue weighted by atomic mass is 16.6. The monoisotopic (exact) mass is 408 g/mol. The Labute approximate surface area is 175 Å². The first-order valence-corrected chi connectivity index (χ1v) is 9.95. The Morgan fingerprint density at radius 1 is 1.17 bits per heavy atom. The van der Waals surface area contributed by atoms with Gasteiger partial charge >= 0.3 is 12.1 Å². The minimum atomic E-state index is -0.343. The van der Waals surface area contributed by atoms with E-state index in [2.05, 4.69) is 6.07 Å². The smallest absolute Gasteiger partial charge is 0.410 e. The van der Waals surface area contributed by atoms with Crippen LogP contribution in [0.25, 0.3) is 0 Å². The van der Waals surface area contributed by atoms with Gasteiger partial charge < -0.3 is 19.1 Å². The molecule has 2 aromatic carbocycles. The van der Waals surface area contributed by atoms with Crippen molar-refractivity contribution in [3.8, 4) is 17.6 Å². The number of carbonyl (C=O) groups is 2. The molecule has 0 saturated carbocycles. The highest BCUT2D eigenvalue weighted by molar-refractivity contribution is 5.71. The summed E-state index contributed by atoms with van der Waals surface area (Å²) >= 11 is 0. The third kappa shape index (κ3) is 5.74. The molecule has 3 rings (SSSR count). The summed E-state index contributed by atoms with van der Waals surface area (Å²) in [6.07, 6.45) is 1.14. The number of carbonyl (C=O) groups excluding carboxylic acids is 2. The number of nitriles is 1. The first kappa shape index (κ1) is 21.2. The van der Waals surface area contributed by atoms with E-state index in [1.54, 1.807) is 36.1 Å². The van der Waals surface area contributed by atoms with Gasteiger partial charge in [-0.1, -0.05) is 12.1 Å². The molecule has 2 aromatic rings. The molecule has 1 saturated heterocycles. The summed E-state index contributed by atoms with van der Waals surface area (Å²) in [6, 6.07) is 16.6. The maximum Gasteiger partial charge on any atom is 0.410 e. The van der Waals surface area contributed by atoms with Crippen LogP contribution in [0.1, 0.15) is 30.9 Å². The van der Waals surface area contributed by atoms with Crippen LogP contribution in [-0.2, 0) is 20.7 Å². The third-order valence-electron chi connectivity index (χ3n) is 4.77. The summed E-state index contributed by atoms with van der Waals surface area (Å²) in [4.78, 5) is 25.2. The Hall–Kier alpha value is -3.53. The Bertz CT molecular complexity index is 903. The van der Waals surface area contributed by atoms with E-state index >= 15 is 0 Å². The molecule has 0 aromatic heterocycles. The lowest BCUT2D eigenvalue weighted by Gasteiger charge is -2.21. The van der Waals surface area contributed by atoms with Crippen LogP contribution in [-0.4, -0.2) is 42.8 Å². The standard InChI is InChI=1S/C23H24N2O5/c1-2-28-22(26)4-3-13-25-19(16-29-23(25)27)14-17-5-9-20(10-6-17)30-21-11-7-18(15-24)8-12-21/h5-12,19H,2-4,13-14,16H2,1H3/t19-/m0/s1. The molecule has 7 nitrogen and oxygen atoms in total. The number of amides is 1. The van der Waals surface area contributed by atoms with Crippen molar-refractivity contribution in [2.24, 2.45) is 0 Å². The lowest BCUT2D eigenvalue weighted by atomic mass is 10.1. The van der Waals surface area contributed by atoms with Gasteiger partial charge in [-0.25, -0.2) is 4.79 Å². The maximum atomic E-state index is 12.0. The second-order valence-corrected chi connectivity index (χ2v) is 6.92. The molecular formula is C23H24N2O5. The molecule has 0 radical (unpaired) electrons. The fraction of sp³-hybridized carbons (Fsp3) is 0.348. The van der Waals surface area contributed by atoms with Crippen molar-refractivity contribution in [1.29, 1.82) is 5.26 Å². The van der Waals surface area contributed by atoms with Crippen LogP contribution in [0.3, 0.4) is 0 Å². The normalized spacial score (nSPS) is 15.4. The van der Waals surface area contributed by atoms with Gasteiger partial charge in [-0.15, -0.1) is 0 Å². The number of benzene rings is 2. The predicted octanol–water partition coefficient (Wildman–Crippen LogP) is 4.06. The van der Waals surface area contributed by atoms with E-state index < -0.39 is 0 Å². The summed E-state index contributed by atoms with van der Waals surface area (Å²) in [5, 5.41) is 8.85. The highest BCUT2D eigenvalue weighted by Gasteiger charge is 2.32. The van der Waals surface area contributed by atoms with Gasteiger partial charge in [0.1, 0.15) is 18.1 Å². The first-order chi connectivity index (χ1) is 14.6. The molecule has 1 atom stereocenters. The number of hydrogen-bond donors (Lipinski definition) is 0. The van der Waals surface area contributed by atoms with Crippen LogP contribution in [0.5, 0.6) is 11.5 Å². The number of ether oxygens (including phenoxy) is 3. The average Bonchev–Trinajstić information content (AvgIpc) is 3.09. The molecule has 30 heavy (non-hydrogen) atoms. The van der Waals surface area contributed by atoms with E-state index in [4.69, 9.17) is 19.5 Å². The molecular weight excluding hydrogens is 384 g/mol. The maximum absolute atomic E-state index is 12.0. The minimum absolute atomic E-state index is 0.0648. The number of nitrogens with zero attached hydrogens (tertiary/aromatic N) is 2. The molecule has 0 spiro atoms. The van der Waals surface area contributed by atoms with Crippen molar-refractivity contribution in [3.63, 3.8) is 0 Å². The third-order valence-corrected chi connectivity index (χ3v) is 4.77. The second-order valence-electron chi connectivity index (χ2n) is 6.92. The van der Waals surface area contributed by atoms with E-state index in [1.807, 2.05) is 24.3 Å². The van der Waals surface area contributed by atoms with Gasteiger partial charge in [0, 0.05) is 13.0 Å².